The van der Waals surface area contributed by atoms with Gasteiger partial charge < -0.3 is 4.89 Å². The van der Waals surface area contributed by atoms with Crippen molar-refractivity contribution in [2.75, 3.05) is 6.61 Å². The molecule has 0 aromatic rings. The summed E-state index contributed by atoms with van der Waals surface area (Å²) in [5.74, 6) is 0. The fourth-order valence-corrected chi connectivity index (χ4v) is 1.91. The van der Waals surface area contributed by atoms with Gasteiger partial charge in [-0.2, -0.15) is 0 Å². The molecule has 0 aromatic heterocycles. The highest BCUT2D eigenvalue weighted by molar-refractivity contribution is 8.20. The van der Waals surface area contributed by atoms with Gasteiger partial charge in [0.1, 0.15) is 0 Å². The summed E-state index contributed by atoms with van der Waals surface area (Å²) >= 11 is 0. The SMILES string of the molecule is C=CC(=C)CCOP(=O)(OOO)[P+](=O)[O-]. The number of rotatable bonds is 8. The van der Waals surface area contributed by atoms with Crippen LogP contribution in [-0.4, -0.2) is 11.9 Å². The molecule has 0 spiro atoms. The molecule has 7 nitrogen and oxygen atoms in total. The number of hydrogen-bond donors (Lipinski definition) is 1. The van der Waals surface area contributed by atoms with Crippen LogP contribution in [0.15, 0.2) is 24.8 Å². The van der Waals surface area contributed by atoms with E-state index in [2.05, 4.69) is 27.4 Å². The highest BCUT2D eigenvalue weighted by Gasteiger charge is 2.43. The van der Waals surface area contributed by atoms with E-state index in [0.29, 0.717) is 5.57 Å². The van der Waals surface area contributed by atoms with Crippen LogP contribution >= 0.6 is 15.0 Å². The first-order chi connectivity index (χ1) is 6.96. The van der Waals surface area contributed by atoms with Crippen LogP contribution in [0.3, 0.4) is 0 Å². The molecular formula is C6H10O7P2. The third-order valence-electron chi connectivity index (χ3n) is 1.29. The van der Waals surface area contributed by atoms with Crippen molar-refractivity contribution in [3.8, 4) is 0 Å². The zero-order valence-electron chi connectivity index (χ0n) is 7.70. The van der Waals surface area contributed by atoms with Crippen molar-refractivity contribution >= 4 is 15.0 Å². The van der Waals surface area contributed by atoms with Gasteiger partial charge >= 0.3 is 15.0 Å². The van der Waals surface area contributed by atoms with Gasteiger partial charge in [-0.05, 0) is 6.42 Å². The Morgan fingerprint density at radius 2 is 2.27 bits per heavy atom. The van der Waals surface area contributed by atoms with Gasteiger partial charge in [-0.15, -0.1) is 0 Å². The van der Waals surface area contributed by atoms with Crippen LogP contribution in [-0.2, 0) is 23.4 Å². The van der Waals surface area contributed by atoms with Crippen LogP contribution in [0.2, 0.25) is 0 Å². The van der Waals surface area contributed by atoms with Crippen molar-refractivity contribution in [2.24, 2.45) is 0 Å². The van der Waals surface area contributed by atoms with E-state index in [9.17, 15) is 14.0 Å². The van der Waals surface area contributed by atoms with Crippen LogP contribution in [0.4, 0.5) is 0 Å². The summed E-state index contributed by atoms with van der Waals surface area (Å²) in [4.78, 5) is 10.4. The molecule has 0 saturated carbocycles. The normalized spacial score (nSPS) is 15.5. The minimum Gasteiger partial charge on any atom is -0.587 e. The molecule has 0 aromatic carbocycles. The van der Waals surface area contributed by atoms with Crippen molar-refractivity contribution in [3.05, 3.63) is 24.8 Å². The van der Waals surface area contributed by atoms with E-state index in [0.717, 1.165) is 0 Å². The average Bonchev–Trinajstić information content (AvgIpc) is 2.17. The summed E-state index contributed by atoms with van der Waals surface area (Å²) in [6, 6.07) is 0. The maximum Gasteiger partial charge on any atom is 0.596 e. The highest BCUT2D eigenvalue weighted by atomic mass is 32.1. The van der Waals surface area contributed by atoms with Crippen LogP contribution in [0.1, 0.15) is 6.42 Å². The van der Waals surface area contributed by atoms with E-state index in [1.54, 1.807) is 0 Å². The van der Waals surface area contributed by atoms with Crippen LogP contribution in [0.25, 0.3) is 0 Å². The lowest BCUT2D eigenvalue weighted by Gasteiger charge is -2.06. The van der Waals surface area contributed by atoms with Crippen molar-refractivity contribution in [1.82, 2.24) is 0 Å². The predicted octanol–water partition coefficient (Wildman–Crippen LogP) is 1.77. The first-order valence-corrected chi connectivity index (χ1v) is 7.08. The monoisotopic (exact) mass is 256 g/mol. The Bertz CT molecular complexity index is 300. The van der Waals surface area contributed by atoms with Crippen LogP contribution in [0.5, 0.6) is 0 Å². The van der Waals surface area contributed by atoms with Gasteiger partial charge in [-0.25, -0.2) is 9.82 Å². The minimum atomic E-state index is -4.45. The molecule has 0 saturated heterocycles. The lowest BCUT2D eigenvalue weighted by Crippen LogP contribution is -1.99. The highest BCUT2D eigenvalue weighted by Crippen LogP contribution is 2.66. The Hall–Kier alpha value is -0.390. The summed E-state index contributed by atoms with van der Waals surface area (Å²) in [5, 5.41) is 10.9. The standard InChI is InChI=1S/C6H10O7P2/c1-3-6(2)4-5-11-15(10,13-12-7)14(8)9/h3,7H,1-2,4-5H2. The molecule has 0 rings (SSSR count). The average molecular weight is 256 g/mol. The first-order valence-electron chi connectivity index (χ1n) is 3.65. The Morgan fingerprint density at radius 3 is 2.67 bits per heavy atom. The summed E-state index contributed by atoms with van der Waals surface area (Å²) in [6.45, 7) is 6.72. The largest absolute Gasteiger partial charge is 0.596 e. The van der Waals surface area contributed by atoms with Crippen molar-refractivity contribution in [3.63, 3.8) is 0 Å². The Kier molecular flexibility index (Phi) is 6.80. The van der Waals surface area contributed by atoms with Gasteiger partial charge in [0.05, 0.1) is 6.61 Å². The van der Waals surface area contributed by atoms with Gasteiger partial charge in [0, 0.05) is 0 Å². The molecular weight excluding hydrogens is 246 g/mol. The molecule has 86 valence electrons. The maximum absolute atomic E-state index is 11.2. The molecule has 0 aliphatic rings. The summed E-state index contributed by atoms with van der Waals surface area (Å²) in [7, 11) is -7.97. The molecule has 2 unspecified atom stereocenters. The van der Waals surface area contributed by atoms with E-state index in [-0.39, 0.29) is 13.0 Å². The second-order valence-corrected chi connectivity index (χ2v) is 6.57. The molecule has 9 heteroatoms. The second-order valence-electron chi connectivity index (χ2n) is 2.30. The second kappa shape index (κ2) is 6.98. The van der Waals surface area contributed by atoms with Gasteiger partial charge in [-0.3, -0.25) is 4.52 Å². The lowest BCUT2D eigenvalue weighted by atomic mass is 10.2. The van der Waals surface area contributed by atoms with Gasteiger partial charge in [0.2, 0.25) is 0 Å². The van der Waals surface area contributed by atoms with E-state index < -0.39 is 15.0 Å². The molecule has 0 bridgehead atoms. The quantitative estimate of drug-likeness (QED) is 0.305. The zero-order valence-corrected chi connectivity index (χ0v) is 9.49. The first kappa shape index (κ1) is 14.6. The number of hydrogen-bond acceptors (Lipinski definition) is 7. The van der Waals surface area contributed by atoms with E-state index in [1.807, 2.05) is 0 Å². The van der Waals surface area contributed by atoms with Gasteiger partial charge in [0.25, 0.3) is 0 Å². The molecule has 0 radical (unpaired) electrons. The van der Waals surface area contributed by atoms with Crippen LogP contribution in [0, 0.1) is 0 Å². The molecule has 0 heterocycles. The summed E-state index contributed by atoms with van der Waals surface area (Å²) in [5.41, 5.74) is 0.576. The van der Waals surface area contributed by atoms with E-state index in [1.165, 1.54) is 6.08 Å². The van der Waals surface area contributed by atoms with E-state index >= 15 is 0 Å². The minimum absolute atomic E-state index is 0.213. The smallest absolute Gasteiger partial charge is 0.587 e. The van der Waals surface area contributed by atoms with E-state index in [4.69, 9.17) is 5.26 Å². The van der Waals surface area contributed by atoms with Crippen molar-refractivity contribution in [1.29, 1.82) is 0 Å². The Morgan fingerprint density at radius 1 is 1.67 bits per heavy atom. The topological polar surface area (TPSA) is 105 Å². The maximum atomic E-state index is 11.2. The lowest BCUT2D eigenvalue weighted by molar-refractivity contribution is -0.442. The Labute approximate surface area is 87.1 Å². The summed E-state index contributed by atoms with van der Waals surface area (Å²) < 4.78 is 29.7. The molecule has 0 amide bonds. The summed E-state index contributed by atoms with van der Waals surface area (Å²) in [6.07, 6.45) is 1.67. The van der Waals surface area contributed by atoms with Crippen molar-refractivity contribution in [2.45, 2.75) is 6.42 Å². The molecule has 2 atom stereocenters. The predicted molar refractivity (Wildman–Crippen MR) is 49.9 cm³/mol. The molecule has 0 fully saturated rings. The Balaban J connectivity index is 4.20. The third-order valence-corrected chi connectivity index (χ3v) is 4.20. The molecule has 15 heavy (non-hydrogen) atoms. The molecule has 1 N–H and O–H groups in total. The third kappa shape index (κ3) is 5.30. The fourth-order valence-electron chi connectivity index (χ4n) is 0.532. The van der Waals surface area contributed by atoms with Crippen LogP contribution < -0.4 is 4.89 Å². The van der Waals surface area contributed by atoms with Gasteiger partial charge in [0.15, 0.2) is 0 Å². The molecule has 0 aliphatic heterocycles. The van der Waals surface area contributed by atoms with Gasteiger partial charge in [-0.1, -0.05) is 39.1 Å². The molecule has 0 aliphatic carbocycles. The zero-order chi connectivity index (χ0) is 11.9. The fraction of sp³-hybridized carbons (Fsp3) is 0.333. The number of allylic oxidation sites excluding steroid dienone is 1. The van der Waals surface area contributed by atoms with Crippen molar-refractivity contribution < 1.29 is 33.5 Å².